The fourth-order valence-electron chi connectivity index (χ4n) is 3.44. The predicted molar refractivity (Wildman–Crippen MR) is 88.8 cm³/mol. The standard InChI is InChI=1S/C18H30N2O2/c1-13-11-19(15(3)9-17(13)21)7-5-6-8-20-12-14(2)18(22)10-16(20)4/h5-6,13-16H,7-12H2,1-4H3. The van der Waals surface area contributed by atoms with Gasteiger partial charge in [0.2, 0.25) is 0 Å². The van der Waals surface area contributed by atoms with Crippen molar-refractivity contribution in [3.05, 3.63) is 12.2 Å². The number of nitrogens with zero attached hydrogens (tertiary/aromatic N) is 2. The third-order valence-corrected chi connectivity index (χ3v) is 5.20. The largest absolute Gasteiger partial charge is 0.299 e. The van der Waals surface area contributed by atoms with Gasteiger partial charge in [0.1, 0.15) is 11.6 Å². The highest BCUT2D eigenvalue weighted by Gasteiger charge is 2.29. The van der Waals surface area contributed by atoms with Crippen LogP contribution < -0.4 is 0 Å². The Kier molecular flexibility index (Phi) is 5.93. The van der Waals surface area contributed by atoms with E-state index in [1.807, 2.05) is 13.8 Å². The summed E-state index contributed by atoms with van der Waals surface area (Å²) >= 11 is 0. The van der Waals surface area contributed by atoms with Crippen LogP contribution in [0.2, 0.25) is 0 Å². The molecule has 4 heteroatoms. The highest BCUT2D eigenvalue weighted by molar-refractivity contribution is 5.82. The lowest BCUT2D eigenvalue weighted by atomic mass is 9.93. The van der Waals surface area contributed by atoms with Gasteiger partial charge in [-0.15, -0.1) is 0 Å². The molecule has 2 fully saturated rings. The van der Waals surface area contributed by atoms with Crippen LogP contribution in [0.4, 0.5) is 0 Å². The van der Waals surface area contributed by atoms with E-state index in [4.69, 9.17) is 0 Å². The van der Waals surface area contributed by atoms with Crippen LogP contribution >= 0.6 is 0 Å². The van der Waals surface area contributed by atoms with Gasteiger partial charge >= 0.3 is 0 Å². The van der Waals surface area contributed by atoms with Crippen molar-refractivity contribution >= 4 is 11.6 Å². The van der Waals surface area contributed by atoms with E-state index in [0.29, 0.717) is 36.5 Å². The molecule has 0 aliphatic carbocycles. The molecule has 4 unspecified atom stereocenters. The van der Waals surface area contributed by atoms with Gasteiger partial charge in [-0.3, -0.25) is 19.4 Å². The predicted octanol–water partition coefficient (Wildman–Crippen LogP) is 2.14. The van der Waals surface area contributed by atoms with Gasteiger partial charge in [-0.05, 0) is 13.8 Å². The normalized spacial score (nSPS) is 35.5. The Balaban J connectivity index is 1.78. The maximum Gasteiger partial charge on any atom is 0.138 e. The second-order valence-corrected chi connectivity index (χ2v) is 7.22. The number of likely N-dealkylation sites (tertiary alicyclic amines) is 2. The van der Waals surface area contributed by atoms with Crippen LogP contribution in [-0.2, 0) is 9.59 Å². The van der Waals surface area contributed by atoms with E-state index >= 15 is 0 Å². The Labute approximate surface area is 134 Å². The number of carbonyl (C=O) groups excluding carboxylic acids is 2. The molecule has 0 aromatic carbocycles. The third kappa shape index (κ3) is 4.26. The van der Waals surface area contributed by atoms with Crippen molar-refractivity contribution in [1.29, 1.82) is 0 Å². The van der Waals surface area contributed by atoms with E-state index in [-0.39, 0.29) is 11.8 Å². The second-order valence-electron chi connectivity index (χ2n) is 7.22. The number of hydrogen-bond donors (Lipinski definition) is 0. The Hall–Kier alpha value is -1.00. The first-order valence-corrected chi connectivity index (χ1v) is 8.57. The van der Waals surface area contributed by atoms with E-state index in [1.165, 1.54) is 0 Å². The van der Waals surface area contributed by atoms with E-state index in [2.05, 4.69) is 35.8 Å². The SMILES string of the molecule is CC1CN(CC=CCN2CC(C)C(=O)CC2C)C(C)CC1=O. The van der Waals surface area contributed by atoms with Crippen molar-refractivity contribution < 1.29 is 9.59 Å². The number of carbonyl (C=O) groups is 2. The van der Waals surface area contributed by atoms with Gasteiger partial charge < -0.3 is 0 Å². The minimum Gasteiger partial charge on any atom is -0.299 e. The monoisotopic (exact) mass is 306 g/mol. The van der Waals surface area contributed by atoms with Crippen molar-refractivity contribution in [3.63, 3.8) is 0 Å². The molecule has 2 rings (SSSR count). The molecule has 0 aromatic rings. The zero-order valence-corrected chi connectivity index (χ0v) is 14.4. The molecule has 4 atom stereocenters. The quantitative estimate of drug-likeness (QED) is 0.746. The molecular weight excluding hydrogens is 276 g/mol. The second kappa shape index (κ2) is 7.51. The van der Waals surface area contributed by atoms with E-state index in [0.717, 1.165) is 26.2 Å². The number of hydrogen-bond acceptors (Lipinski definition) is 4. The molecule has 0 N–H and O–H groups in total. The lowest BCUT2D eigenvalue weighted by Crippen LogP contribution is -2.46. The summed E-state index contributed by atoms with van der Waals surface area (Å²) in [7, 11) is 0. The summed E-state index contributed by atoms with van der Waals surface area (Å²) in [5.41, 5.74) is 0. The van der Waals surface area contributed by atoms with Gasteiger partial charge in [0.05, 0.1) is 0 Å². The molecule has 0 saturated carbocycles. The summed E-state index contributed by atoms with van der Waals surface area (Å²) < 4.78 is 0. The molecule has 4 nitrogen and oxygen atoms in total. The average Bonchev–Trinajstić information content (AvgIpc) is 2.45. The van der Waals surface area contributed by atoms with Crippen molar-refractivity contribution in [1.82, 2.24) is 9.80 Å². The smallest absolute Gasteiger partial charge is 0.138 e. The lowest BCUT2D eigenvalue weighted by Gasteiger charge is -2.36. The van der Waals surface area contributed by atoms with E-state index in [1.54, 1.807) is 0 Å². The fourth-order valence-corrected chi connectivity index (χ4v) is 3.44. The van der Waals surface area contributed by atoms with Crippen molar-refractivity contribution in [3.8, 4) is 0 Å². The summed E-state index contributed by atoms with van der Waals surface area (Å²) in [4.78, 5) is 28.2. The molecule has 2 saturated heterocycles. The zero-order chi connectivity index (χ0) is 16.3. The number of ketones is 2. The van der Waals surface area contributed by atoms with Crippen LogP contribution in [0.3, 0.4) is 0 Å². The number of Topliss-reactive ketones (excluding diaryl/α,β-unsaturated/α-hetero) is 2. The molecule has 0 bridgehead atoms. The summed E-state index contributed by atoms with van der Waals surface area (Å²) in [6.45, 7) is 11.9. The summed E-state index contributed by atoms with van der Waals surface area (Å²) in [6, 6.07) is 0.694. The molecule has 0 amide bonds. The fraction of sp³-hybridized carbons (Fsp3) is 0.778. The van der Waals surface area contributed by atoms with Gasteiger partial charge in [0.25, 0.3) is 0 Å². The highest BCUT2D eigenvalue weighted by Crippen LogP contribution is 2.19. The summed E-state index contributed by atoms with van der Waals surface area (Å²) in [5, 5.41) is 0. The summed E-state index contributed by atoms with van der Waals surface area (Å²) in [6.07, 6.45) is 5.79. The number of rotatable bonds is 4. The van der Waals surface area contributed by atoms with Crippen molar-refractivity contribution in [2.75, 3.05) is 26.2 Å². The molecule has 0 aromatic heterocycles. The van der Waals surface area contributed by atoms with Crippen LogP contribution in [0.25, 0.3) is 0 Å². The Morgan fingerprint density at radius 1 is 0.818 bits per heavy atom. The lowest BCUT2D eigenvalue weighted by molar-refractivity contribution is -0.127. The first kappa shape index (κ1) is 17.4. The van der Waals surface area contributed by atoms with Crippen molar-refractivity contribution in [2.45, 2.75) is 52.6 Å². The maximum absolute atomic E-state index is 11.7. The molecule has 22 heavy (non-hydrogen) atoms. The van der Waals surface area contributed by atoms with Gasteiger partial charge in [0.15, 0.2) is 0 Å². The zero-order valence-electron chi connectivity index (χ0n) is 14.4. The van der Waals surface area contributed by atoms with Crippen molar-refractivity contribution in [2.24, 2.45) is 11.8 Å². The van der Waals surface area contributed by atoms with Crippen LogP contribution in [-0.4, -0.2) is 59.6 Å². The Morgan fingerprint density at radius 2 is 1.18 bits per heavy atom. The number of piperidine rings is 2. The minimum atomic E-state index is 0.165. The molecular formula is C18H30N2O2. The average molecular weight is 306 g/mol. The first-order chi connectivity index (χ1) is 10.4. The topological polar surface area (TPSA) is 40.6 Å². The molecule has 2 heterocycles. The third-order valence-electron chi connectivity index (χ3n) is 5.20. The van der Waals surface area contributed by atoms with Gasteiger partial charge in [-0.1, -0.05) is 26.0 Å². The first-order valence-electron chi connectivity index (χ1n) is 8.57. The molecule has 0 radical (unpaired) electrons. The van der Waals surface area contributed by atoms with E-state index in [9.17, 15) is 9.59 Å². The van der Waals surface area contributed by atoms with Crippen LogP contribution in [0.1, 0.15) is 40.5 Å². The van der Waals surface area contributed by atoms with Crippen LogP contribution in [0.5, 0.6) is 0 Å². The van der Waals surface area contributed by atoms with Gasteiger partial charge in [-0.2, -0.15) is 0 Å². The Bertz CT molecular complexity index is 406. The molecule has 124 valence electrons. The molecule has 2 aliphatic heterocycles. The minimum absolute atomic E-state index is 0.165. The highest BCUT2D eigenvalue weighted by atomic mass is 16.1. The maximum atomic E-state index is 11.7. The molecule has 0 spiro atoms. The van der Waals surface area contributed by atoms with Gasteiger partial charge in [-0.25, -0.2) is 0 Å². The van der Waals surface area contributed by atoms with Crippen LogP contribution in [0.15, 0.2) is 12.2 Å². The molecule has 2 aliphatic rings. The summed E-state index contributed by atoms with van der Waals surface area (Å²) in [5.74, 6) is 1.12. The van der Waals surface area contributed by atoms with Gasteiger partial charge in [0, 0.05) is 62.9 Å². The Morgan fingerprint density at radius 3 is 1.55 bits per heavy atom. The van der Waals surface area contributed by atoms with Crippen LogP contribution in [0, 0.1) is 11.8 Å². The van der Waals surface area contributed by atoms with E-state index < -0.39 is 0 Å².